The number of carbonyl (C=O) groups is 1. The molecule has 0 fully saturated rings. The van der Waals surface area contributed by atoms with Crippen molar-refractivity contribution in [2.45, 2.75) is 33.6 Å². The summed E-state index contributed by atoms with van der Waals surface area (Å²) in [5, 5.41) is 5.79. The molecule has 0 aromatic carbocycles. The van der Waals surface area contributed by atoms with Gasteiger partial charge in [-0.2, -0.15) is 0 Å². The molecule has 90 valence electrons. The lowest BCUT2D eigenvalue weighted by molar-refractivity contribution is 0.0990. The summed E-state index contributed by atoms with van der Waals surface area (Å²) >= 11 is 0. The Morgan fingerprint density at radius 1 is 1.40 bits per heavy atom. The fourth-order valence-electron chi connectivity index (χ4n) is 1.21. The van der Waals surface area contributed by atoms with Gasteiger partial charge in [-0.3, -0.25) is 0 Å². The summed E-state index contributed by atoms with van der Waals surface area (Å²) in [4.78, 5) is 11.2. The number of unbranched alkanes of at least 4 members (excludes halogenated alkanes) is 1. The second-order valence-corrected chi connectivity index (χ2v) is 4.55. The zero-order chi connectivity index (χ0) is 11.7. The molecule has 4 nitrogen and oxygen atoms in total. The third kappa shape index (κ3) is 8.24. The Morgan fingerprint density at radius 2 is 2.07 bits per heavy atom. The van der Waals surface area contributed by atoms with Crippen LogP contribution in [-0.4, -0.2) is 32.8 Å². The lowest BCUT2D eigenvalue weighted by atomic mass is 9.95. The van der Waals surface area contributed by atoms with Crippen molar-refractivity contribution >= 4 is 6.09 Å². The van der Waals surface area contributed by atoms with Gasteiger partial charge in [0.15, 0.2) is 0 Å². The molecule has 0 saturated carbocycles. The van der Waals surface area contributed by atoms with E-state index in [4.69, 9.17) is 4.74 Å². The third-order valence-corrected chi connectivity index (χ3v) is 2.05. The van der Waals surface area contributed by atoms with Crippen molar-refractivity contribution in [3.05, 3.63) is 0 Å². The zero-order valence-electron chi connectivity index (χ0n) is 10.4. The highest BCUT2D eigenvalue weighted by Crippen LogP contribution is 2.13. The molecular weight excluding hydrogens is 192 g/mol. The fraction of sp³-hybridized carbons (Fsp3) is 0.909. The minimum atomic E-state index is -0.312. The third-order valence-electron chi connectivity index (χ3n) is 2.05. The zero-order valence-corrected chi connectivity index (χ0v) is 10.4. The van der Waals surface area contributed by atoms with Gasteiger partial charge in [-0.1, -0.05) is 27.2 Å². The van der Waals surface area contributed by atoms with Crippen molar-refractivity contribution in [3.8, 4) is 0 Å². The molecule has 0 aliphatic heterocycles. The number of alkyl carbamates (subject to hydrolysis) is 1. The van der Waals surface area contributed by atoms with E-state index in [0.29, 0.717) is 13.2 Å². The van der Waals surface area contributed by atoms with Crippen LogP contribution in [-0.2, 0) is 4.74 Å². The van der Waals surface area contributed by atoms with E-state index in [1.807, 2.05) is 7.05 Å². The molecule has 1 amide bonds. The smallest absolute Gasteiger partial charge is 0.407 e. The molecule has 0 atom stereocenters. The predicted molar refractivity (Wildman–Crippen MR) is 62.0 cm³/mol. The minimum absolute atomic E-state index is 0.0170. The lowest BCUT2D eigenvalue weighted by Crippen LogP contribution is -2.35. The first-order valence-corrected chi connectivity index (χ1v) is 5.57. The SMILES string of the molecule is CCCCNC(=O)OCC(C)(C)CNC. The van der Waals surface area contributed by atoms with Crippen LogP contribution in [0.1, 0.15) is 33.6 Å². The van der Waals surface area contributed by atoms with Gasteiger partial charge in [0.1, 0.15) is 0 Å². The van der Waals surface area contributed by atoms with E-state index in [9.17, 15) is 4.79 Å². The Kier molecular flexibility index (Phi) is 7.13. The van der Waals surface area contributed by atoms with E-state index in [1.54, 1.807) is 0 Å². The van der Waals surface area contributed by atoms with Gasteiger partial charge < -0.3 is 15.4 Å². The first-order chi connectivity index (χ1) is 7.02. The van der Waals surface area contributed by atoms with Gasteiger partial charge in [0.05, 0.1) is 6.61 Å². The van der Waals surface area contributed by atoms with E-state index in [2.05, 4.69) is 31.4 Å². The largest absolute Gasteiger partial charge is 0.449 e. The van der Waals surface area contributed by atoms with E-state index in [1.165, 1.54) is 0 Å². The van der Waals surface area contributed by atoms with Crippen molar-refractivity contribution in [2.75, 3.05) is 26.7 Å². The summed E-state index contributed by atoms with van der Waals surface area (Å²) in [7, 11) is 1.89. The first kappa shape index (κ1) is 14.2. The maximum absolute atomic E-state index is 11.2. The number of carbonyl (C=O) groups excluding carboxylic acids is 1. The minimum Gasteiger partial charge on any atom is -0.449 e. The molecule has 0 unspecified atom stereocenters. The summed E-state index contributed by atoms with van der Waals surface area (Å²) in [6, 6.07) is 0. The van der Waals surface area contributed by atoms with Gasteiger partial charge in [0, 0.05) is 18.5 Å². The second kappa shape index (κ2) is 7.51. The van der Waals surface area contributed by atoms with Crippen LogP contribution in [0.2, 0.25) is 0 Å². The van der Waals surface area contributed by atoms with Crippen molar-refractivity contribution in [1.82, 2.24) is 10.6 Å². The maximum Gasteiger partial charge on any atom is 0.407 e. The Balaban J connectivity index is 3.60. The van der Waals surface area contributed by atoms with Crippen molar-refractivity contribution < 1.29 is 9.53 Å². The van der Waals surface area contributed by atoms with Crippen LogP contribution in [0, 0.1) is 5.41 Å². The summed E-state index contributed by atoms with van der Waals surface area (Å²) in [6.07, 6.45) is 1.76. The first-order valence-electron chi connectivity index (χ1n) is 5.57. The van der Waals surface area contributed by atoms with E-state index < -0.39 is 0 Å². The van der Waals surface area contributed by atoms with Gasteiger partial charge in [-0.05, 0) is 13.5 Å². The number of rotatable bonds is 7. The standard InChI is InChI=1S/C11H24N2O2/c1-5-6-7-13-10(14)15-9-11(2,3)8-12-4/h12H,5-9H2,1-4H3,(H,13,14). The molecular formula is C11H24N2O2. The van der Waals surface area contributed by atoms with E-state index in [0.717, 1.165) is 19.4 Å². The predicted octanol–water partition coefficient (Wildman–Crippen LogP) is 1.76. The lowest BCUT2D eigenvalue weighted by Gasteiger charge is -2.23. The van der Waals surface area contributed by atoms with Gasteiger partial charge in [-0.25, -0.2) is 4.79 Å². The van der Waals surface area contributed by atoms with Crippen LogP contribution in [0.4, 0.5) is 4.79 Å². The number of amides is 1. The van der Waals surface area contributed by atoms with Crippen LogP contribution >= 0.6 is 0 Å². The highest BCUT2D eigenvalue weighted by molar-refractivity contribution is 5.67. The van der Waals surface area contributed by atoms with Gasteiger partial charge in [-0.15, -0.1) is 0 Å². The average molecular weight is 216 g/mol. The molecule has 0 aromatic rings. The highest BCUT2D eigenvalue weighted by Gasteiger charge is 2.18. The monoisotopic (exact) mass is 216 g/mol. The van der Waals surface area contributed by atoms with Gasteiger partial charge >= 0.3 is 6.09 Å². The molecule has 2 N–H and O–H groups in total. The van der Waals surface area contributed by atoms with Crippen LogP contribution < -0.4 is 10.6 Å². The topological polar surface area (TPSA) is 50.4 Å². The maximum atomic E-state index is 11.2. The summed E-state index contributed by atoms with van der Waals surface area (Å²) in [5.74, 6) is 0. The molecule has 0 rings (SSSR count). The number of ether oxygens (including phenoxy) is 1. The van der Waals surface area contributed by atoms with Gasteiger partial charge in [0.25, 0.3) is 0 Å². The van der Waals surface area contributed by atoms with Gasteiger partial charge in [0.2, 0.25) is 0 Å². The van der Waals surface area contributed by atoms with Crippen molar-refractivity contribution in [3.63, 3.8) is 0 Å². The molecule has 15 heavy (non-hydrogen) atoms. The van der Waals surface area contributed by atoms with E-state index >= 15 is 0 Å². The van der Waals surface area contributed by atoms with Crippen molar-refractivity contribution in [1.29, 1.82) is 0 Å². The molecule has 0 spiro atoms. The molecule has 0 saturated heterocycles. The normalized spacial score (nSPS) is 11.2. The van der Waals surface area contributed by atoms with Crippen LogP contribution in [0.3, 0.4) is 0 Å². The highest BCUT2D eigenvalue weighted by atomic mass is 16.5. The summed E-state index contributed by atoms with van der Waals surface area (Å²) < 4.78 is 5.12. The van der Waals surface area contributed by atoms with E-state index in [-0.39, 0.29) is 11.5 Å². The van der Waals surface area contributed by atoms with Crippen molar-refractivity contribution in [2.24, 2.45) is 5.41 Å². The summed E-state index contributed by atoms with van der Waals surface area (Å²) in [5.41, 5.74) is -0.0170. The molecule has 0 aromatic heterocycles. The second-order valence-electron chi connectivity index (χ2n) is 4.55. The fourth-order valence-corrected chi connectivity index (χ4v) is 1.21. The van der Waals surface area contributed by atoms with Crippen LogP contribution in [0.15, 0.2) is 0 Å². The average Bonchev–Trinajstić information content (AvgIpc) is 2.15. The number of nitrogens with one attached hydrogen (secondary N) is 2. The number of hydrogen-bond donors (Lipinski definition) is 2. The molecule has 0 aliphatic rings. The Morgan fingerprint density at radius 3 is 2.60 bits per heavy atom. The van der Waals surface area contributed by atoms with Crippen LogP contribution in [0.25, 0.3) is 0 Å². The molecule has 0 radical (unpaired) electrons. The molecule has 0 heterocycles. The van der Waals surface area contributed by atoms with Crippen LogP contribution in [0.5, 0.6) is 0 Å². The molecule has 0 aliphatic carbocycles. The summed E-state index contributed by atoms with van der Waals surface area (Å²) in [6.45, 7) is 8.16. The number of hydrogen-bond acceptors (Lipinski definition) is 3. The Hall–Kier alpha value is -0.770. The Bertz CT molecular complexity index is 181. The Labute approximate surface area is 92.8 Å². The quantitative estimate of drug-likeness (QED) is 0.638. The molecule has 4 heteroatoms. The molecule has 0 bridgehead atoms.